The monoisotopic (exact) mass is 388 g/mol. The van der Waals surface area contributed by atoms with Crippen molar-refractivity contribution in [2.45, 2.75) is 6.42 Å². The maximum absolute atomic E-state index is 12.2. The van der Waals surface area contributed by atoms with E-state index in [0.717, 1.165) is 18.3 Å². The van der Waals surface area contributed by atoms with Crippen LogP contribution in [0.25, 0.3) is 10.9 Å². The normalized spacial score (nSPS) is 13.0. The van der Waals surface area contributed by atoms with E-state index in [2.05, 4.69) is 53.4 Å². The topological polar surface area (TPSA) is 71.1 Å². The number of hydrogen-bond donors (Lipinski definition) is 1. The molecule has 0 saturated carbocycles. The van der Waals surface area contributed by atoms with Crippen molar-refractivity contribution >= 4 is 36.8 Å². The summed E-state index contributed by atoms with van der Waals surface area (Å²) in [6.45, 7) is 0.920. The van der Waals surface area contributed by atoms with Gasteiger partial charge in [0.25, 0.3) is 5.56 Å². The Kier molecular flexibility index (Phi) is 4.06. The van der Waals surface area contributed by atoms with Crippen molar-refractivity contribution < 1.29 is 4.74 Å². The van der Waals surface area contributed by atoms with Crippen molar-refractivity contribution in [1.82, 2.24) is 15.0 Å². The van der Waals surface area contributed by atoms with E-state index in [-0.39, 0.29) is 11.6 Å². The number of nitrogens with zero attached hydrogens (tertiary/aromatic N) is 3. The van der Waals surface area contributed by atoms with Crippen LogP contribution in [0.5, 0.6) is 11.8 Å². The Morgan fingerprint density at radius 1 is 1.14 bits per heavy atom. The van der Waals surface area contributed by atoms with Crippen LogP contribution in [0, 0.1) is 0 Å². The minimum atomic E-state index is -0.243. The second kappa shape index (κ2) is 6.73. The van der Waals surface area contributed by atoms with Crippen molar-refractivity contribution in [3.63, 3.8) is 0 Å². The van der Waals surface area contributed by atoms with Crippen molar-refractivity contribution in [2.75, 3.05) is 11.4 Å². The van der Waals surface area contributed by atoms with Crippen LogP contribution in [0.1, 0.15) is 5.56 Å². The average molecular weight is 388 g/mol. The molecular formula is C21H17N4O2P. The number of pyridine rings is 1. The third-order valence-electron chi connectivity index (χ3n) is 4.83. The Bertz CT molecular complexity index is 1250. The highest BCUT2D eigenvalue weighted by molar-refractivity contribution is 7.27. The first kappa shape index (κ1) is 16.9. The van der Waals surface area contributed by atoms with Crippen LogP contribution in [-0.2, 0) is 6.42 Å². The maximum atomic E-state index is 12.2. The third kappa shape index (κ3) is 3.02. The van der Waals surface area contributed by atoms with Gasteiger partial charge in [-0.15, -0.1) is 9.24 Å². The maximum Gasteiger partial charge on any atom is 0.302 e. The molecule has 0 aliphatic carbocycles. The van der Waals surface area contributed by atoms with Gasteiger partial charge in [0.05, 0.1) is 17.1 Å². The summed E-state index contributed by atoms with van der Waals surface area (Å²) >= 11 is 0. The Balaban J connectivity index is 1.45. The van der Waals surface area contributed by atoms with Gasteiger partial charge in [0, 0.05) is 24.1 Å². The summed E-state index contributed by atoms with van der Waals surface area (Å²) in [5, 5.41) is 1.65. The molecular weight excluding hydrogens is 371 g/mol. The van der Waals surface area contributed by atoms with E-state index >= 15 is 0 Å². The molecule has 1 aliphatic rings. The summed E-state index contributed by atoms with van der Waals surface area (Å²) in [5.41, 5.74) is 3.81. The molecule has 28 heavy (non-hydrogen) atoms. The predicted octanol–water partition coefficient (Wildman–Crippen LogP) is 3.31. The van der Waals surface area contributed by atoms with Crippen LogP contribution in [0.2, 0.25) is 0 Å². The lowest BCUT2D eigenvalue weighted by atomic mass is 10.1. The predicted molar refractivity (Wildman–Crippen MR) is 113 cm³/mol. The van der Waals surface area contributed by atoms with Gasteiger partial charge in [-0.1, -0.05) is 12.1 Å². The second-order valence-corrected chi connectivity index (χ2v) is 7.32. The van der Waals surface area contributed by atoms with Gasteiger partial charge in [-0.2, -0.15) is 4.98 Å². The number of benzene rings is 2. The molecule has 6 nitrogen and oxygen atoms in total. The van der Waals surface area contributed by atoms with E-state index in [1.165, 1.54) is 16.9 Å². The van der Waals surface area contributed by atoms with E-state index in [9.17, 15) is 4.79 Å². The van der Waals surface area contributed by atoms with E-state index in [1.807, 2.05) is 18.2 Å². The molecule has 1 unspecified atom stereocenters. The lowest BCUT2D eigenvalue weighted by Crippen LogP contribution is -2.14. The molecule has 1 atom stereocenters. The van der Waals surface area contributed by atoms with Crippen LogP contribution in [0.3, 0.4) is 0 Å². The first-order chi connectivity index (χ1) is 13.7. The lowest BCUT2D eigenvalue weighted by Gasteiger charge is -2.20. The molecule has 5 rings (SSSR count). The standard InChI is InChI=1S/C21H17N4O2P/c26-20-17-6-8-22-12-18(17)23-21(24-20)27-15-4-5-19-13(10-15)7-9-25(19)14-2-1-3-16(28)11-14/h1-6,8,10-12H,7,9,28H2,(H,23,24,26). The minimum Gasteiger partial charge on any atom is -0.426 e. The zero-order valence-electron chi connectivity index (χ0n) is 14.9. The van der Waals surface area contributed by atoms with Crippen molar-refractivity contribution in [3.8, 4) is 11.8 Å². The fourth-order valence-corrected chi connectivity index (χ4v) is 3.81. The van der Waals surface area contributed by atoms with E-state index in [1.54, 1.807) is 18.5 Å². The van der Waals surface area contributed by atoms with Gasteiger partial charge >= 0.3 is 6.01 Å². The Labute approximate surface area is 163 Å². The largest absolute Gasteiger partial charge is 0.426 e. The van der Waals surface area contributed by atoms with E-state index in [4.69, 9.17) is 4.74 Å². The lowest BCUT2D eigenvalue weighted by molar-refractivity contribution is 0.442. The summed E-state index contributed by atoms with van der Waals surface area (Å²) in [6, 6.07) is 16.1. The second-order valence-electron chi connectivity index (χ2n) is 6.65. The number of ether oxygens (including phenoxy) is 1. The quantitative estimate of drug-likeness (QED) is 0.546. The number of hydrogen-bond acceptors (Lipinski definition) is 5. The molecule has 1 N–H and O–H groups in total. The number of H-pyrrole nitrogens is 1. The van der Waals surface area contributed by atoms with Crippen molar-refractivity contribution in [3.05, 3.63) is 76.8 Å². The molecule has 138 valence electrons. The van der Waals surface area contributed by atoms with Crippen LogP contribution in [0.4, 0.5) is 11.4 Å². The number of nitrogens with one attached hydrogen (secondary N) is 1. The fraction of sp³-hybridized carbons (Fsp3) is 0.0952. The van der Waals surface area contributed by atoms with Gasteiger partial charge in [-0.3, -0.25) is 14.8 Å². The van der Waals surface area contributed by atoms with Gasteiger partial charge < -0.3 is 9.64 Å². The number of fused-ring (bicyclic) bond motifs is 2. The molecule has 1 aliphatic heterocycles. The molecule has 0 bridgehead atoms. The summed E-state index contributed by atoms with van der Waals surface area (Å²) in [4.78, 5) is 25.5. The van der Waals surface area contributed by atoms with Crippen LogP contribution in [-0.4, -0.2) is 21.5 Å². The summed E-state index contributed by atoms with van der Waals surface area (Å²) in [7, 11) is 2.74. The van der Waals surface area contributed by atoms with Gasteiger partial charge in [0.15, 0.2) is 0 Å². The highest BCUT2D eigenvalue weighted by atomic mass is 31.0. The van der Waals surface area contributed by atoms with E-state index < -0.39 is 0 Å². The first-order valence-electron chi connectivity index (χ1n) is 8.95. The Morgan fingerprint density at radius 3 is 2.96 bits per heavy atom. The number of anilines is 2. The first-order valence-corrected chi connectivity index (χ1v) is 9.53. The van der Waals surface area contributed by atoms with Crippen LogP contribution in [0.15, 0.2) is 65.7 Å². The third-order valence-corrected chi connectivity index (χ3v) is 5.19. The Morgan fingerprint density at radius 2 is 2.07 bits per heavy atom. The van der Waals surface area contributed by atoms with Gasteiger partial charge in [0.1, 0.15) is 5.75 Å². The molecule has 0 spiro atoms. The number of aromatic amines is 1. The highest BCUT2D eigenvalue weighted by Crippen LogP contribution is 2.37. The minimum absolute atomic E-state index is 0.163. The zero-order valence-corrected chi connectivity index (χ0v) is 16.1. The molecule has 4 aromatic rings. The van der Waals surface area contributed by atoms with Gasteiger partial charge in [-0.05, 0) is 53.7 Å². The molecule has 2 aromatic heterocycles. The molecule has 0 amide bonds. The molecule has 0 radical (unpaired) electrons. The van der Waals surface area contributed by atoms with Crippen LogP contribution >= 0.6 is 9.24 Å². The van der Waals surface area contributed by atoms with E-state index in [0.29, 0.717) is 16.7 Å². The number of aromatic nitrogens is 3. The molecule has 3 heterocycles. The van der Waals surface area contributed by atoms with Crippen molar-refractivity contribution in [1.29, 1.82) is 0 Å². The summed E-state index contributed by atoms with van der Waals surface area (Å²) < 4.78 is 5.84. The Hall–Kier alpha value is -3.24. The molecule has 7 heteroatoms. The molecule has 2 aromatic carbocycles. The summed E-state index contributed by atoms with van der Waals surface area (Å²) in [5.74, 6) is 0.645. The molecule has 0 fully saturated rings. The fourth-order valence-electron chi connectivity index (χ4n) is 3.53. The smallest absolute Gasteiger partial charge is 0.302 e. The van der Waals surface area contributed by atoms with Crippen molar-refractivity contribution in [2.24, 2.45) is 0 Å². The van der Waals surface area contributed by atoms with Gasteiger partial charge in [-0.25, -0.2) is 0 Å². The summed E-state index contributed by atoms with van der Waals surface area (Å²) in [6.07, 6.45) is 4.05. The number of rotatable bonds is 3. The van der Waals surface area contributed by atoms with Gasteiger partial charge in [0.2, 0.25) is 0 Å². The molecule has 0 saturated heterocycles. The highest BCUT2D eigenvalue weighted by Gasteiger charge is 2.21. The SMILES string of the molecule is O=c1[nH]c(Oc2ccc3c(c2)CCN3c2cccc(P)c2)nc2cnccc12. The van der Waals surface area contributed by atoms with Crippen LogP contribution < -0.4 is 20.5 Å². The average Bonchev–Trinajstić information content (AvgIpc) is 3.11. The zero-order chi connectivity index (χ0) is 19.1.